The standard InChI is InChI=1S/C31H45NO2/c1-8-27(23-10-13-25(14-11-23)32(6)7)30-28(16-12-24-20-26(33)15-17-29(24)30)22(5)18-19-31(34,9-2)21(3)4/h10-11,13-14,20,22,27-28,34H,3,8-9,12,15-19H2,1-2,4-7H3/t22?,27-,28?,31-/m1/s1. The second kappa shape index (κ2) is 11.1. The molecule has 0 radical (unpaired) electrons. The molecule has 1 aromatic carbocycles. The lowest BCUT2D eigenvalue weighted by molar-refractivity contribution is -0.114. The first-order valence-corrected chi connectivity index (χ1v) is 13.2. The van der Waals surface area contributed by atoms with Crippen LogP contribution in [0.15, 0.2) is 59.2 Å². The van der Waals surface area contributed by atoms with Gasteiger partial charge in [0.15, 0.2) is 5.78 Å². The van der Waals surface area contributed by atoms with Gasteiger partial charge in [-0.15, -0.1) is 0 Å². The Bertz CT molecular complexity index is 952. The van der Waals surface area contributed by atoms with Crippen LogP contribution >= 0.6 is 0 Å². The molecule has 1 N–H and O–H groups in total. The highest BCUT2D eigenvalue weighted by Crippen LogP contribution is 2.49. The number of benzene rings is 1. The van der Waals surface area contributed by atoms with E-state index in [1.54, 1.807) is 5.57 Å². The van der Waals surface area contributed by atoms with Crippen molar-refractivity contribution in [1.82, 2.24) is 0 Å². The monoisotopic (exact) mass is 463 g/mol. The van der Waals surface area contributed by atoms with E-state index in [1.165, 1.54) is 22.4 Å². The number of carbonyl (C=O) groups excluding carboxylic acids is 1. The van der Waals surface area contributed by atoms with Crippen LogP contribution in [0.1, 0.15) is 90.5 Å². The summed E-state index contributed by atoms with van der Waals surface area (Å²) >= 11 is 0. The first kappa shape index (κ1) is 26.5. The van der Waals surface area contributed by atoms with Crippen molar-refractivity contribution in [3.8, 4) is 0 Å². The summed E-state index contributed by atoms with van der Waals surface area (Å²) in [7, 11) is 4.16. The molecule has 0 heterocycles. The average molecular weight is 464 g/mol. The predicted molar refractivity (Wildman–Crippen MR) is 144 cm³/mol. The maximum atomic E-state index is 12.2. The Balaban J connectivity index is 1.99. The van der Waals surface area contributed by atoms with Crippen LogP contribution in [0.2, 0.25) is 0 Å². The van der Waals surface area contributed by atoms with Crippen LogP contribution in [0, 0.1) is 11.8 Å². The van der Waals surface area contributed by atoms with E-state index in [9.17, 15) is 9.90 Å². The number of fused-ring (bicyclic) bond motifs is 1. The zero-order chi connectivity index (χ0) is 25.0. The minimum absolute atomic E-state index is 0.280. The summed E-state index contributed by atoms with van der Waals surface area (Å²) in [5.41, 5.74) is 6.98. The fraction of sp³-hybridized carbons (Fsp3) is 0.581. The van der Waals surface area contributed by atoms with Crippen molar-refractivity contribution >= 4 is 11.5 Å². The van der Waals surface area contributed by atoms with E-state index >= 15 is 0 Å². The third kappa shape index (κ3) is 5.57. The van der Waals surface area contributed by atoms with Crippen molar-refractivity contribution in [2.75, 3.05) is 19.0 Å². The number of allylic oxidation sites excluding steroid dienone is 4. The van der Waals surface area contributed by atoms with Gasteiger partial charge in [-0.1, -0.05) is 45.1 Å². The molecule has 0 fully saturated rings. The van der Waals surface area contributed by atoms with Crippen LogP contribution in [0.3, 0.4) is 0 Å². The molecular weight excluding hydrogens is 418 g/mol. The number of hydrogen-bond acceptors (Lipinski definition) is 3. The predicted octanol–water partition coefficient (Wildman–Crippen LogP) is 7.38. The van der Waals surface area contributed by atoms with Crippen LogP contribution in [0.4, 0.5) is 5.69 Å². The lowest BCUT2D eigenvalue weighted by Gasteiger charge is -2.40. The van der Waals surface area contributed by atoms with E-state index in [0.717, 1.165) is 44.1 Å². The van der Waals surface area contributed by atoms with Gasteiger partial charge in [0, 0.05) is 32.1 Å². The summed E-state index contributed by atoms with van der Waals surface area (Å²) in [5, 5.41) is 11.1. The summed E-state index contributed by atoms with van der Waals surface area (Å²) in [6, 6.07) is 9.03. The third-order valence-corrected chi connectivity index (χ3v) is 8.49. The molecule has 186 valence electrons. The molecule has 2 aliphatic rings. The minimum atomic E-state index is -0.773. The van der Waals surface area contributed by atoms with Gasteiger partial charge in [-0.05, 0) is 104 Å². The summed E-state index contributed by atoms with van der Waals surface area (Å²) < 4.78 is 0. The van der Waals surface area contributed by atoms with Gasteiger partial charge < -0.3 is 10.0 Å². The van der Waals surface area contributed by atoms with E-state index in [2.05, 4.69) is 63.7 Å². The van der Waals surface area contributed by atoms with Gasteiger partial charge in [-0.3, -0.25) is 4.79 Å². The Labute approximate surface area is 207 Å². The zero-order valence-electron chi connectivity index (χ0n) is 22.3. The minimum Gasteiger partial charge on any atom is -0.386 e. The second-order valence-corrected chi connectivity index (χ2v) is 10.8. The molecule has 0 aromatic heterocycles. The Kier molecular flexibility index (Phi) is 8.62. The fourth-order valence-electron chi connectivity index (χ4n) is 6.06. The largest absolute Gasteiger partial charge is 0.386 e. The molecule has 1 aromatic rings. The molecule has 2 aliphatic carbocycles. The molecule has 0 saturated heterocycles. The molecule has 3 nitrogen and oxygen atoms in total. The topological polar surface area (TPSA) is 40.5 Å². The van der Waals surface area contributed by atoms with Crippen molar-refractivity contribution in [3.63, 3.8) is 0 Å². The summed E-state index contributed by atoms with van der Waals surface area (Å²) in [6.45, 7) is 12.7. The Morgan fingerprint density at radius 1 is 1.18 bits per heavy atom. The maximum Gasteiger partial charge on any atom is 0.156 e. The van der Waals surface area contributed by atoms with Gasteiger partial charge in [-0.2, -0.15) is 0 Å². The van der Waals surface area contributed by atoms with Crippen molar-refractivity contribution in [2.45, 2.75) is 90.6 Å². The molecule has 4 atom stereocenters. The quantitative estimate of drug-likeness (QED) is 0.368. The molecule has 34 heavy (non-hydrogen) atoms. The smallest absolute Gasteiger partial charge is 0.156 e. The van der Waals surface area contributed by atoms with Crippen LogP contribution in [0.5, 0.6) is 0 Å². The van der Waals surface area contributed by atoms with Gasteiger partial charge in [0.2, 0.25) is 0 Å². The summed E-state index contributed by atoms with van der Waals surface area (Å²) in [6.07, 6.45) is 9.01. The Morgan fingerprint density at radius 2 is 1.85 bits per heavy atom. The molecule has 0 spiro atoms. The van der Waals surface area contributed by atoms with Gasteiger partial charge >= 0.3 is 0 Å². The molecule has 2 unspecified atom stereocenters. The second-order valence-electron chi connectivity index (χ2n) is 10.8. The number of rotatable bonds is 10. The van der Waals surface area contributed by atoms with E-state index in [0.29, 0.717) is 30.6 Å². The Morgan fingerprint density at radius 3 is 2.41 bits per heavy atom. The van der Waals surface area contributed by atoms with Crippen molar-refractivity contribution in [2.24, 2.45) is 11.8 Å². The van der Waals surface area contributed by atoms with E-state index in [4.69, 9.17) is 0 Å². The van der Waals surface area contributed by atoms with Crippen LogP contribution in [0.25, 0.3) is 0 Å². The van der Waals surface area contributed by atoms with Crippen LogP contribution < -0.4 is 4.90 Å². The number of nitrogens with zero attached hydrogens (tertiary/aromatic N) is 1. The molecule has 3 rings (SSSR count). The Hall–Kier alpha value is -2.13. The third-order valence-electron chi connectivity index (χ3n) is 8.49. The highest BCUT2D eigenvalue weighted by atomic mass is 16.3. The average Bonchev–Trinajstić information content (AvgIpc) is 2.82. The summed E-state index contributed by atoms with van der Waals surface area (Å²) in [4.78, 5) is 14.4. The number of hydrogen-bond donors (Lipinski definition) is 1. The van der Waals surface area contributed by atoms with Crippen LogP contribution in [-0.2, 0) is 4.79 Å². The van der Waals surface area contributed by atoms with Gasteiger partial charge in [0.1, 0.15) is 0 Å². The molecule has 0 bridgehead atoms. The molecule has 0 saturated carbocycles. The number of ketones is 1. The highest BCUT2D eigenvalue weighted by molar-refractivity contribution is 5.93. The van der Waals surface area contributed by atoms with Crippen molar-refractivity contribution in [3.05, 3.63) is 64.8 Å². The van der Waals surface area contributed by atoms with Crippen LogP contribution in [-0.4, -0.2) is 30.6 Å². The van der Waals surface area contributed by atoms with E-state index in [1.807, 2.05) is 19.9 Å². The number of anilines is 1. The molecular formula is C31H45NO2. The van der Waals surface area contributed by atoms with Gasteiger partial charge in [-0.25, -0.2) is 0 Å². The maximum absolute atomic E-state index is 12.2. The zero-order valence-corrected chi connectivity index (χ0v) is 22.3. The first-order chi connectivity index (χ1) is 16.1. The summed E-state index contributed by atoms with van der Waals surface area (Å²) in [5.74, 6) is 1.59. The van der Waals surface area contributed by atoms with Crippen molar-refractivity contribution in [1.29, 1.82) is 0 Å². The van der Waals surface area contributed by atoms with E-state index in [-0.39, 0.29) is 5.78 Å². The number of carbonyl (C=O) groups is 1. The molecule has 3 heteroatoms. The van der Waals surface area contributed by atoms with Crippen molar-refractivity contribution < 1.29 is 9.90 Å². The first-order valence-electron chi connectivity index (χ1n) is 13.2. The SMILES string of the molecule is C=C(C)[C@@](O)(CC)CCC(C)C1CCC2=CC(=O)CCC2=C1[C@H](CC)c1ccc(N(C)C)cc1. The lowest BCUT2D eigenvalue weighted by Crippen LogP contribution is -2.31. The molecule has 0 aliphatic heterocycles. The normalized spacial score (nSPS) is 21.9. The lowest BCUT2D eigenvalue weighted by atomic mass is 9.65. The van der Waals surface area contributed by atoms with E-state index < -0.39 is 5.60 Å². The van der Waals surface area contributed by atoms with Gasteiger partial charge in [0.25, 0.3) is 0 Å². The van der Waals surface area contributed by atoms with Gasteiger partial charge in [0.05, 0.1) is 5.60 Å². The highest BCUT2D eigenvalue weighted by Gasteiger charge is 2.36. The number of aliphatic hydroxyl groups is 1. The molecule has 0 amide bonds. The fourth-order valence-corrected chi connectivity index (χ4v) is 6.06.